The molecule has 1 amide bonds. The molecule has 0 aliphatic carbocycles. The zero-order chi connectivity index (χ0) is 28.9. The molecule has 1 aliphatic heterocycles. The second kappa shape index (κ2) is 10.1. The Bertz CT molecular complexity index is 1430. The first-order chi connectivity index (χ1) is 18.1. The van der Waals surface area contributed by atoms with Gasteiger partial charge in [-0.3, -0.25) is 14.5 Å². The summed E-state index contributed by atoms with van der Waals surface area (Å²) >= 11 is 0. The van der Waals surface area contributed by atoms with Crippen molar-refractivity contribution >= 4 is 23.1 Å². The van der Waals surface area contributed by atoms with Gasteiger partial charge in [0.1, 0.15) is 5.76 Å². The van der Waals surface area contributed by atoms with E-state index in [0.717, 1.165) is 27.8 Å². The smallest absolute Gasteiger partial charge is 0.300 e. The summed E-state index contributed by atoms with van der Waals surface area (Å²) < 4.78 is 0. The number of nitrogens with zero attached hydrogens (tertiary/aromatic N) is 1. The van der Waals surface area contributed by atoms with Gasteiger partial charge in [0.15, 0.2) is 0 Å². The Balaban J connectivity index is 1.95. The topological polar surface area (TPSA) is 57.6 Å². The van der Waals surface area contributed by atoms with E-state index in [1.807, 2.05) is 73.7 Å². The number of hydrogen-bond donors (Lipinski definition) is 1. The molecule has 3 aromatic rings. The van der Waals surface area contributed by atoms with E-state index in [4.69, 9.17) is 0 Å². The number of hydrogen-bond acceptors (Lipinski definition) is 3. The van der Waals surface area contributed by atoms with E-state index >= 15 is 0 Å². The van der Waals surface area contributed by atoms with Gasteiger partial charge in [-0.05, 0) is 69.7 Å². The molecule has 0 spiro atoms. The Kier molecular flexibility index (Phi) is 7.37. The Morgan fingerprint density at radius 3 is 1.85 bits per heavy atom. The lowest BCUT2D eigenvalue weighted by molar-refractivity contribution is -0.132. The van der Waals surface area contributed by atoms with Crippen LogP contribution in [-0.2, 0) is 20.4 Å². The van der Waals surface area contributed by atoms with Crippen molar-refractivity contribution in [1.29, 1.82) is 0 Å². The zero-order valence-electron chi connectivity index (χ0n) is 24.7. The van der Waals surface area contributed by atoms with E-state index in [1.54, 1.807) is 0 Å². The second-order valence-electron chi connectivity index (χ2n) is 13.1. The highest BCUT2D eigenvalue weighted by Gasteiger charge is 2.47. The van der Waals surface area contributed by atoms with E-state index in [1.165, 1.54) is 4.90 Å². The number of benzene rings is 3. The lowest BCUT2D eigenvalue weighted by atomic mass is 9.84. The van der Waals surface area contributed by atoms with Crippen LogP contribution < -0.4 is 4.90 Å². The summed E-state index contributed by atoms with van der Waals surface area (Å²) in [5.41, 5.74) is 6.10. The quantitative estimate of drug-likeness (QED) is 0.212. The maximum absolute atomic E-state index is 13.7. The molecule has 1 unspecified atom stereocenters. The summed E-state index contributed by atoms with van der Waals surface area (Å²) in [6.45, 7) is 18.9. The van der Waals surface area contributed by atoms with Crippen LogP contribution in [0.1, 0.15) is 101 Å². The fourth-order valence-electron chi connectivity index (χ4n) is 5.09. The summed E-state index contributed by atoms with van der Waals surface area (Å²) in [7, 11) is 0. The molecular weight excluding hydrogens is 482 g/mol. The average Bonchev–Trinajstić information content (AvgIpc) is 3.13. The predicted octanol–water partition coefficient (Wildman–Crippen LogP) is 8.34. The van der Waals surface area contributed by atoms with Gasteiger partial charge in [0.2, 0.25) is 0 Å². The minimum Gasteiger partial charge on any atom is -0.507 e. The minimum atomic E-state index is -0.749. The standard InChI is InChI=1S/C35H41NO3/c1-21(2)23-13-18-27(19-14-23)36-30(24-11-16-25(17-12-24)34(4,5)6)29(32(38)33(36)39)31(37)28-20-26(35(7,8)9)15-10-22(28)3/h10-21,30,37H,1-9H3/b31-29+. The van der Waals surface area contributed by atoms with Crippen molar-refractivity contribution in [2.75, 3.05) is 4.90 Å². The maximum atomic E-state index is 13.7. The molecule has 39 heavy (non-hydrogen) atoms. The van der Waals surface area contributed by atoms with Crippen molar-refractivity contribution in [2.45, 2.75) is 85.1 Å². The maximum Gasteiger partial charge on any atom is 0.300 e. The van der Waals surface area contributed by atoms with Crippen molar-refractivity contribution in [1.82, 2.24) is 0 Å². The van der Waals surface area contributed by atoms with Crippen molar-refractivity contribution < 1.29 is 14.7 Å². The van der Waals surface area contributed by atoms with Crippen LogP contribution in [0.25, 0.3) is 5.76 Å². The summed E-state index contributed by atoms with van der Waals surface area (Å²) in [5, 5.41) is 11.8. The fourth-order valence-corrected chi connectivity index (χ4v) is 5.09. The molecular formula is C35H41NO3. The van der Waals surface area contributed by atoms with Crippen LogP contribution in [0.2, 0.25) is 0 Å². The first-order valence-corrected chi connectivity index (χ1v) is 13.7. The zero-order valence-corrected chi connectivity index (χ0v) is 24.7. The van der Waals surface area contributed by atoms with Crippen LogP contribution in [0.4, 0.5) is 5.69 Å². The molecule has 1 N–H and O–H groups in total. The molecule has 4 rings (SSSR count). The lowest BCUT2D eigenvalue weighted by Gasteiger charge is -2.27. The largest absolute Gasteiger partial charge is 0.507 e. The van der Waals surface area contributed by atoms with Crippen LogP contribution in [0.3, 0.4) is 0 Å². The third-order valence-corrected chi connectivity index (χ3v) is 7.73. The van der Waals surface area contributed by atoms with Crippen LogP contribution >= 0.6 is 0 Å². The van der Waals surface area contributed by atoms with Crippen molar-refractivity contribution in [3.05, 3.63) is 106 Å². The first kappa shape index (κ1) is 28.4. The Morgan fingerprint density at radius 1 is 0.795 bits per heavy atom. The highest BCUT2D eigenvalue weighted by molar-refractivity contribution is 6.51. The van der Waals surface area contributed by atoms with E-state index in [0.29, 0.717) is 17.2 Å². The van der Waals surface area contributed by atoms with Crippen molar-refractivity contribution in [2.24, 2.45) is 0 Å². The first-order valence-electron chi connectivity index (χ1n) is 13.7. The summed E-state index contributed by atoms with van der Waals surface area (Å²) in [6, 6.07) is 21.0. The second-order valence-corrected chi connectivity index (χ2v) is 13.1. The van der Waals surface area contributed by atoms with Gasteiger partial charge < -0.3 is 5.11 Å². The number of carbonyl (C=O) groups is 2. The van der Waals surface area contributed by atoms with Gasteiger partial charge in [-0.15, -0.1) is 0 Å². The SMILES string of the molecule is Cc1ccc(C(C)(C)C)cc1/C(O)=C1\C(=O)C(=O)N(c2ccc(C(C)C)cc2)C1c1ccc(C(C)(C)C)cc1. The Hall–Kier alpha value is -3.66. The van der Waals surface area contributed by atoms with Gasteiger partial charge in [0, 0.05) is 11.3 Å². The van der Waals surface area contributed by atoms with Crippen LogP contribution in [0.5, 0.6) is 0 Å². The predicted molar refractivity (Wildman–Crippen MR) is 160 cm³/mol. The summed E-state index contributed by atoms with van der Waals surface area (Å²) in [5.74, 6) is -1.11. The van der Waals surface area contributed by atoms with E-state index in [2.05, 4.69) is 55.4 Å². The molecule has 4 nitrogen and oxygen atoms in total. The third kappa shape index (κ3) is 5.43. The highest BCUT2D eigenvalue weighted by atomic mass is 16.3. The van der Waals surface area contributed by atoms with E-state index in [9.17, 15) is 14.7 Å². The Labute approximate surface area is 233 Å². The molecule has 1 saturated heterocycles. The molecule has 0 saturated carbocycles. The number of Topliss-reactive ketones (excluding diaryl/α,β-unsaturated/α-hetero) is 1. The number of rotatable bonds is 4. The summed E-state index contributed by atoms with van der Waals surface area (Å²) in [6.07, 6.45) is 0. The van der Waals surface area contributed by atoms with Crippen LogP contribution in [0, 0.1) is 6.92 Å². The monoisotopic (exact) mass is 523 g/mol. The molecule has 0 bridgehead atoms. The molecule has 3 aromatic carbocycles. The third-order valence-electron chi connectivity index (χ3n) is 7.73. The van der Waals surface area contributed by atoms with Gasteiger partial charge in [-0.1, -0.05) is 104 Å². The summed E-state index contributed by atoms with van der Waals surface area (Å²) in [4.78, 5) is 28.8. The minimum absolute atomic E-state index is 0.0441. The number of ketones is 1. The molecule has 1 fully saturated rings. The van der Waals surface area contributed by atoms with Gasteiger partial charge in [-0.25, -0.2) is 0 Å². The van der Waals surface area contributed by atoms with E-state index < -0.39 is 17.7 Å². The van der Waals surface area contributed by atoms with E-state index in [-0.39, 0.29) is 22.2 Å². The Morgan fingerprint density at radius 2 is 1.33 bits per heavy atom. The molecule has 0 radical (unpaired) electrons. The number of aliphatic hydroxyl groups is 1. The van der Waals surface area contributed by atoms with Crippen molar-refractivity contribution in [3.8, 4) is 0 Å². The number of amides is 1. The number of aryl methyl sites for hydroxylation is 1. The van der Waals surface area contributed by atoms with Crippen molar-refractivity contribution in [3.63, 3.8) is 0 Å². The highest BCUT2D eigenvalue weighted by Crippen LogP contribution is 2.43. The van der Waals surface area contributed by atoms with Crippen LogP contribution in [-0.4, -0.2) is 16.8 Å². The van der Waals surface area contributed by atoms with Gasteiger partial charge in [-0.2, -0.15) is 0 Å². The molecule has 1 atom stereocenters. The molecule has 1 heterocycles. The molecule has 4 heteroatoms. The van der Waals surface area contributed by atoms with Gasteiger partial charge in [0.05, 0.1) is 11.6 Å². The molecule has 1 aliphatic rings. The lowest BCUT2D eigenvalue weighted by Crippen LogP contribution is -2.29. The fraction of sp³-hybridized carbons (Fsp3) is 0.371. The van der Waals surface area contributed by atoms with Gasteiger partial charge >= 0.3 is 0 Å². The molecule has 204 valence electrons. The number of carbonyl (C=O) groups excluding carboxylic acids is 2. The molecule has 0 aromatic heterocycles. The average molecular weight is 524 g/mol. The normalized spacial score (nSPS) is 17.8. The van der Waals surface area contributed by atoms with Gasteiger partial charge in [0.25, 0.3) is 11.7 Å². The number of anilines is 1. The van der Waals surface area contributed by atoms with Crippen LogP contribution in [0.15, 0.2) is 72.3 Å². The number of aliphatic hydroxyl groups excluding tert-OH is 1.